The number of rotatable bonds is 0. The number of cyclic esters (lactones) is 2. The average Bonchev–Trinajstić information content (AvgIpc) is 2.59. The minimum absolute atomic E-state index is 0.148. The van der Waals surface area contributed by atoms with E-state index in [0.29, 0.717) is 26.4 Å². The van der Waals surface area contributed by atoms with Crippen LogP contribution in [0.25, 0.3) is 0 Å². The second-order valence-electron chi connectivity index (χ2n) is 5.59. The molecule has 1 fully saturated rings. The van der Waals surface area contributed by atoms with Gasteiger partial charge in [0.2, 0.25) is 0 Å². The minimum atomic E-state index is -0.586. The summed E-state index contributed by atoms with van der Waals surface area (Å²) in [5.74, 6) is 1.85. The standard InChI is InChI=1S/C17H32O6S2/c1-15-20-7-3-5-9-22-17(18)23-10-6-4-8-21-16(2)25-14-12-19-11-13-24-15/h15-16H,3-14H2,1-2H3. The van der Waals surface area contributed by atoms with Crippen LogP contribution in [0.3, 0.4) is 0 Å². The molecule has 0 aromatic rings. The molecule has 0 spiro atoms. The topological polar surface area (TPSA) is 63.2 Å². The normalized spacial score (nSPS) is 28.0. The highest BCUT2D eigenvalue weighted by molar-refractivity contribution is 7.99. The summed E-state index contributed by atoms with van der Waals surface area (Å²) in [6, 6.07) is 0. The van der Waals surface area contributed by atoms with E-state index in [1.165, 1.54) is 0 Å². The Hall–Kier alpha value is -0.150. The van der Waals surface area contributed by atoms with Crippen molar-refractivity contribution in [2.45, 2.75) is 50.4 Å². The molecule has 0 bridgehead atoms. The highest BCUT2D eigenvalue weighted by Crippen LogP contribution is 2.14. The van der Waals surface area contributed by atoms with Crippen molar-refractivity contribution in [1.82, 2.24) is 0 Å². The highest BCUT2D eigenvalue weighted by Gasteiger charge is 2.06. The molecule has 0 aliphatic carbocycles. The first-order valence-electron chi connectivity index (χ1n) is 9.02. The lowest BCUT2D eigenvalue weighted by molar-refractivity contribution is 0.0469. The summed E-state index contributed by atoms with van der Waals surface area (Å²) in [5.41, 5.74) is 0.297. The number of carbonyl (C=O) groups excluding carboxylic acids is 1. The lowest BCUT2D eigenvalue weighted by Gasteiger charge is -2.14. The molecule has 0 N–H and O–H groups in total. The number of ether oxygens (including phenoxy) is 5. The summed E-state index contributed by atoms with van der Waals surface area (Å²) in [5, 5.41) is 0. The van der Waals surface area contributed by atoms with Crippen molar-refractivity contribution in [2.24, 2.45) is 0 Å². The second kappa shape index (κ2) is 16.1. The molecule has 2 unspecified atom stereocenters. The van der Waals surface area contributed by atoms with E-state index in [0.717, 1.165) is 50.4 Å². The van der Waals surface area contributed by atoms with Gasteiger partial charge in [0.1, 0.15) is 0 Å². The molecule has 2 atom stereocenters. The van der Waals surface area contributed by atoms with Gasteiger partial charge in [-0.2, -0.15) is 0 Å². The molecule has 1 saturated heterocycles. The van der Waals surface area contributed by atoms with E-state index in [1.54, 1.807) is 23.5 Å². The Bertz CT molecular complexity index is 304. The molecule has 0 saturated carbocycles. The van der Waals surface area contributed by atoms with Gasteiger partial charge in [0.05, 0.1) is 37.3 Å². The van der Waals surface area contributed by atoms with E-state index in [9.17, 15) is 4.79 Å². The summed E-state index contributed by atoms with van der Waals surface area (Å²) >= 11 is 3.50. The fraction of sp³-hybridized carbons (Fsp3) is 0.941. The van der Waals surface area contributed by atoms with Gasteiger partial charge in [0.15, 0.2) is 0 Å². The van der Waals surface area contributed by atoms with Crippen molar-refractivity contribution < 1.29 is 28.5 Å². The molecule has 6 nitrogen and oxygen atoms in total. The summed E-state index contributed by atoms with van der Waals surface area (Å²) < 4.78 is 27.1. The third-order valence-corrected chi connectivity index (χ3v) is 5.40. The Labute approximate surface area is 160 Å². The van der Waals surface area contributed by atoms with Crippen LogP contribution in [-0.2, 0) is 23.7 Å². The molecule has 0 amide bonds. The van der Waals surface area contributed by atoms with Gasteiger partial charge in [0, 0.05) is 24.7 Å². The Balaban J connectivity index is 2.22. The zero-order valence-corrected chi connectivity index (χ0v) is 17.0. The van der Waals surface area contributed by atoms with Crippen LogP contribution in [0.2, 0.25) is 0 Å². The Morgan fingerprint density at radius 3 is 1.64 bits per heavy atom. The van der Waals surface area contributed by atoms with E-state index in [1.807, 2.05) is 13.8 Å². The van der Waals surface area contributed by atoms with E-state index in [4.69, 9.17) is 23.7 Å². The van der Waals surface area contributed by atoms with E-state index < -0.39 is 6.16 Å². The van der Waals surface area contributed by atoms with Crippen LogP contribution in [0.15, 0.2) is 0 Å². The van der Waals surface area contributed by atoms with Crippen molar-refractivity contribution in [3.63, 3.8) is 0 Å². The zero-order chi connectivity index (χ0) is 18.2. The third kappa shape index (κ3) is 14.7. The average molecular weight is 397 g/mol. The number of hydrogen-bond acceptors (Lipinski definition) is 8. The van der Waals surface area contributed by atoms with Crippen LogP contribution in [0.4, 0.5) is 4.79 Å². The van der Waals surface area contributed by atoms with Gasteiger partial charge in [-0.15, -0.1) is 23.5 Å². The molecular weight excluding hydrogens is 364 g/mol. The monoisotopic (exact) mass is 396 g/mol. The van der Waals surface area contributed by atoms with Crippen LogP contribution in [0.1, 0.15) is 39.5 Å². The van der Waals surface area contributed by atoms with Crippen molar-refractivity contribution in [2.75, 3.05) is 51.1 Å². The lowest BCUT2D eigenvalue weighted by atomic mass is 10.3. The molecule has 1 heterocycles. The van der Waals surface area contributed by atoms with E-state index >= 15 is 0 Å². The summed E-state index contributed by atoms with van der Waals surface area (Å²) in [4.78, 5) is 11.4. The number of hydrogen-bond donors (Lipinski definition) is 0. The van der Waals surface area contributed by atoms with Crippen LogP contribution < -0.4 is 0 Å². The number of carbonyl (C=O) groups is 1. The van der Waals surface area contributed by atoms with Crippen LogP contribution >= 0.6 is 23.5 Å². The Morgan fingerprint density at radius 1 is 0.720 bits per heavy atom. The van der Waals surface area contributed by atoms with Crippen molar-refractivity contribution in [1.29, 1.82) is 0 Å². The van der Waals surface area contributed by atoms with Gasteiger partial charge in [0.25, 0.3) is 0 Å². The van der Waals surface area contributed by atoms with Crippen LogP contribution in [0, 0.1) is 0 Å². The number of thioether (sulfide) groups is 2. The second-order valence-corrected chi connectivity index (χ2v) is 8.40. The van der Waals surface area contributed by atoms with Gasteiger partial charge < -0.3 is 23.7 Å². The molecule has 148 valence electrons. The molecule has 1 rings (SSSR count). The minimum Gasteiger partial charge on any atom is -0.434 e. The fourth-order valence-corrected chi connectivity index (χ4v) is 3.48. The van der Waals surface area contributed by atoms with Gasteiger partial charge in [-0.25, -0.2) is 4.79 Å². The quantitative estimate of drug-likeness (QED) is 0.571. The summed E-state index contributed by atoms with van der Waals surface area (Å²) in [7, 11) is 0. The lowest BCUT2D eigenvalue weighted by Crippen LogP contribution is -2.13. The largest absolute Gasteiger partial charge is 0.508 e. The zero-order valence-electron chi connectivity index (χ0n) is 15.4. The maximum absolute atomic E-state index is 11.4. The first kappa shape index (κ1) is 22.9. The van der Waals surface area contributed by atoms with E-state index in [2.05, 4.69) is 0 Å². The van der Waals surface area contributed by atoms with Crippen LogP contribution in [0.5, 0.6) is 0 Å². The smallest absolute Gasteiger partial charge is 0.434 e. The molecule has 0 radical (unpaired) electrons. The fourth-order valence-electron chi connectivity index (χ4n) is 2.00. The van der Waals surface area contributed by atoms with Crippen molar-refractivity contribution in [3.05, 3.63) is 0 Å². The Kier molecular flexibility index (Phi) is 14.7. The van der Waals surface area contributed by atoms with Gasteiger partial charge in [-0.05, 0) is 39.5 Å². The van der Waals surface area contributed by atoms with Crippen molar-refractivity contribution in [3.8, 4) is 0 Å². The third-order valence-electron chi connectivity index (χ3n) is 3.38. The van der Waals surface area contributed by atoms with E-state index in [-0.39, 0.29) is 10.9 Å². The molecular formula is C17H32O6S2. The van der Waals surface area contributed by atoms with Crippen LogP contribution in [-0.4, -0.2) is 68.2 Å². The molecule has 25 heavy (non-hydrogen) atoms. The first-order chi connectivity index (χ1) is 12.2. The Morgan fingerprint density at radius 2 is 1.16 bits per heavy atom. The van der Waals surface area contributed by atoms with Gasteiger partial charge in [-0.3, -0.25) is 0 Å². The highest BCUT2D eigenvalue weighted by atomic mass is 32.2. The SMILES string of the molecule is CC1OCCCCOC(=O)OCCCCOC(C)SCCOCCS1. The maximum Gasteiger partial charge on any atom is 0.508 e. The molecule has 0 aromatic heterocycles. The summed E-state index contributed by atoms with van der Waals surface area (Å²) in [6.45, 7) is 7.65. The molecule has 1 aliphatic heterocycles. The van der Waals surface area contributed by atoms with Crippen molar-refractivity contribution >= 4 is 29.7 Å². The molecule has 0 aromatic carbocycles. The molecule has 1 aliphatic rings. The predicted octanol–water partition coefficient (Wildman–Crippen LogP) is 3.92. The molecule has 8 heteroatoms. The van der Waals surface area contributed by atoms with Gasteiger partial charge in [-0.1, -0.05) is 0 Å². The van der Waals surface area contributed by atoms with Gasteiger partial charge >= 0.3 is 6.16 Å². The predicted molar refractivity (Wildman–Crippen MR) is 102 cm³/mol. The summed E-state index contributed by atoms with van der Waals surface area (Å²) in [6.07, 6.45) is 2.69. The maximum atomic E-state index is 11.4. The first-order valence-corrected chi connectivity index (χ1v) is 11.1.